The lowest BCUT2D eigenvalue weighted by molar-refractivity contribution is -0.145. The summed E-state index contributed by atoms with van der Waals surface area (Å²) in [6.07, 6.45) is -3.24. The third-order valence-electron chi connectivity index (χ3n) is 3.12. The molecule has 0 heterocycles. The highest BCUT2D eigenvalue weighted by molar-refractivity contribution is 5.25. The molecule has 19 heavy (non-hydrogen) atoms. The van der Waals surface area contributed by atoms with Crippen molar-refractivity contribution >= 4 is 0 Å². The molecule has 0 spiro atoms. The zero-order chi connectivity index (χ0) is 14.5. The Bertz CT molecular complexity index is 373. The highest BCUT2D eigenvalue weighted by Crippen LogP contribution is 2.19. The minimum Gasteiger partial charge on any atom is -0.323 e. The van der Waals surface area contributed by atoms with Gasteiger partial charge >= 0.3 is 6.18 Å². The van der Waals surface area contributed by atoms with E-state index in [-0.39, 0.29) is 6.54 Å². The molecule has 0 bridgehead atoms. The van der Waals surface area contributed by atoms with Crippen molar-refractivity contribution in [3.8, 4) is 0 Å². The topological polar surface area (TPSA) is 29.3 Å². The first-order valence-corrected chi connectivity index (χ1v) is 6.49. The van der Waals surface area contributed by atoms with E-state index in [4.69, 9.17) is 5.73 Å². The summed E-state index contributed by atoms with van der Waals surface area (Å²) in [5.74, 6) is 0. The molecule has 0 aliphatic heterocycles. The molecular formula is C14H21F3N2. The van der Waals surface area contributed by atoms with E-state index in [1.165, 1.54) is 10.5 Å². The van der Waals surface area contributed by atoms with Crippen LogP contribution < -0.4 is 5.73 Å². The van der Waals surface area contributed by atoms with Crippen LogP contribution in [0.15, 0.2) is 24.3 Å². The first-order valence-electron chi connectivity index (χ1n) is 6.49. The van der Waals surface area contributed by atoms with Crippen molar-refractivity contribution in [1.82, 2.24) is 4.90 Å². The quantitative estimate of drug-likeness (QED) is 0.863. The molecule has 0 aromatic heterocycles. The molecule has 2 N–H and O–H groups in total. The minimum absolute atomic E-state index is 0.210. The summed E-state index contributed by atoms with van der Waals surface area (Å²) in [5, 5.41) is 0. The van der Waals surface area contributed by atoms with Gasteiger partial charge in [-0.1, -0.05) is 38.1 Å². The van der Waals surface area contributed by atoms with Gasteiger partial charge in [0.05, 0.1) is 6.54 Å². The van der Waals surface area contributed by atoms with Gasteiger partial charge in [-0.05, 0) is 24.1 Å². The van der Waals surface area contributed by atoms with Crippen LogP contribution in [-0.2, 0) is 6.42 Å². The number of benzene rings is 1. The van der Waals surface area contributed by atoms with Crippen LogP contribution in [0.5, 0.6) is 0 Å². The van der Waals surface area contributed by atoms with E-state index >= 15 is 0 Å². The summed E-state index contributed by atoms with van der Waals surface area (Å²) in [5.41, 5.74) is 8.04. The van der Waals surface area contributed by atoms with Crippen LogP contribution >= 0.6 is 0 Å². The second-order valence-electron chi connectivity index (χ2n) is 4.64. The van der Waals surface area contributed by atoms with Gasteiger partial charge < -0.3 is 5.73 Å². The van der Waals surface area contributed by atoms with Crippen LogP contribution in [0, 0.1) is 0 Å². The van der Waals surface area contributed by atoms with Crippen molar-refractivity contribution in [3.63, 3.8) is 0 Å². The summed E-state index contributed by atoms with van der Waals surface area (Å²) in [6, 6.07) is 7.33. The van der Waals surface area contributed by atoms with Crippen LogP contribution in [0.4, 0.5) is 13.2 Å². The molecule has 1 atom stereocenters. The molecule has 0 saturated heterocycles. The minimum atomic E-state index is -4.18. The highest BCUT2D eigenvalue weighted by atomic mass is 19.4. The fourth-order valence-electron chi connectivity index (χ4n) is 1.94. The van der Waals surface area contributed by atoms with Crippen molar-refractivity contribution in [2.24, 2.45) is 5.73 Å². The largest absolute Gasteiger partial charge is 0.401 e. The molecule has 108 valence electrons. The summed E-state index contributed by atoms with van der Waals surface area (Å²) in [4.78, 5) is 1.32. The molecular weight excluding hydrogens is 253 g/mol. The van der Waals surface area contributed by atoms with Gasteiger partial charge in [-0.3, -0.25) is 4.90 Å². The van der Waals surface area contributed by atoms with Crippen LogP contribution in [0.25, 0.3) is 0 Å². The Labute approximate surface area is 112 Å². The number of hydrogen-bond acceptors (Lipinski definition) is 2. The van der Waals surface area contributed by atoms with Gasteiger partial charge in [0.1, 0.15) is 0 Å². The number of nitrogens with zero attached hydrogens (tertiary/aromatic N) is 1. The second kappa shape index (κ2) is 6.91. The Hall–Kier alpha value is -1.07. The van der Waals surface area contributed by atoms with Crippen LogP contribution in [-0.4, -0.2) is 30.7 Å². The van der Waals surface area contributed by atoms with Gasteiger partial charge in [0.2, 0.25) is 0 Å². The Balaban J connectivity index is 2.63. The standard InChI is InChI=1S/C14H21F3N2/c1-3-11-5-7-12(8-6-11)13(18)9-19(4-2)10-14(15,16)17/h5-8,13H,3-4,9-10,18H2,1-2H3. The number of hydrogen-bond donors (Lipinski definition) is 1. The lowest BCUT2D eigenvalue weighted by Gasteiger charge is -2.25. The number of aryl methyl sites for hydroxylation is 1. The van der Waals surface area contributed by atoms with Crippen molar-refractivity contribution < 1.29 is 13.2 Å². The molecule has 1 aromatic rings. The monoisotopic (exact) mass is 274 g/mol. The van der Waals surface area contributed by atoms with E-state index in [0.29, 0.717) is 6.54 Å². The summed E-state index contributed by atoms with van der Waals surface area (Å²) in [7, 11) is 0. The highest BCUT2D eigenvalue weighted by Gasteiger charge is 2.30. The van der Waals surface area contributed by atoms with Crippen molar-refractivity contribution in [3.05, 3.63) is 35.4 Å². The molecule has 2 nitrogen and oxygen atoms in total. The zero-order valence-electron chi connectivity index (χ0n) is 11.4. The van der Waals surface area contributed by atoms with Gasteiger partial charge in [0, 0.05) is 12.6 Å². The summed E-state index contributed by atoms with van der Waals surface area (Å²) >= 11 is 0. The smallest absolute Gasteiger partial charge is 0.323 e. The van der Waals surface area contributed by atoms with Gasteiger partial charge in [-0.2, -0.15) is 13.2 Å². The molecule has 1 rings (SSSR count). The van der Waals surface area contributed by atoms with Gasteiger partial charge in [0.15, 0.2) is 0 Å². The lowest BCUT2D eigenvalue weighted by Crippen LogP contribution is -2.38. The van der Waals surface area contributed by atoms with Crippen LogP contribution in [0.1, 0.15) is 31.0 Å². The maximum Gasteiger partial charge on any atom is 0.401 e. The molecule has 0 radical (unpaired) electrons. The first kappa shape index (κ1) is 16.0. The molecule has 0 fully saturated rings. The third kappa shape index (κ3) is 5.61. The lowest BCUT2D eigenvalue weighted by atomic mass is 10.0. The fourth-order valence-corrected chi connectivity index (χ4v) is 1.94. The maximum absolute atomic E-state index is 12.4. The number of nitrogens with two attached hydrogens (primary N) is 1. The van der Waals surface area contributed by atoms with Crippen molar-refractivity contribution in [2.75, 3.05) is 19.6 Å². The Morgan fingerprint density at radius 1 is 1.16 bits per heavy atom. The summed E-state index contributed by atoms with van der Waals surface area (Å²) in [6.45, 7) is 3.39. The summed E-state index contributed by atoms with van der Waals surface area (Å²) < 4.78 is 37.1. The predicted molar refractivity (Wildman–Crippen MR) is 70.9 cm³/mol. The number of rotatable bonds is 6. The van der Waals surface area contributed by atoms with Gasteiger partial charge in [0.25, 0.3) is 0 Å². The maximum atomic E-state index is 12.4. The van der Waals surface area contributed by atoms with Gasteiger partial charge in [-0.25, -0.2) is 0 Å². The average molecular weight is 274 g/mol. The fraction of sp³-hybridized carbons (Fsp3) is 0.571. The molecule has 0 aliphatic carbocycles. The SMILES string of the molecule is CCc1ccc(C(N)CN(CC)CC(F)(F)F)cc1. The van der Waals surface area contributed by atoms with E-state index in [9.17, 15) is 13.2 Å². The third-order valence-corrected chi connectivity index (χ3v) is 3.12. The van der Waals surface area contributed by atoms with Crippen molar-refractivity contribution in [1.29, 1.82) is 0 Å². The van der Waals surface area contributed by atoms with E-state index in [1.54, 1.807) is 6.92 Å². The zero-order valence-corrected chi connectivity index (χ0v) is 11.4. The Morgan fingerprint density at radius 2 is 1.74 bits per heavy atom. The molecule has 0 aliphatic rings. The second-order valence-corrected chi connectivity index (χ2v) is 4.64. The van der Waals surface area contributed by atoms with Crippen molar-refractivity contribution in [2.45, 2.75) is 32.5 Å². The van der Waals surface area contributed by atoms with Crippen LogP contribution in [0.3, 0.4) is 0 Å². The van der Waals surface area contributed by atoms with Gasteiger partial charge in [-0.15, -0.1) is 0 Å². The number of alkyl halides is 3. The molecule has 0 amide bonds. The van der Waals surface area contributed by atoms with E-state index in [0.717, 1.165) is 12.0 Å². The van der Waals surface area contributed by atoms with E-state index < -0.39 is 18.8 Å². The van der Waals surface area contributed by atoms with E-state index in [1.807, 2.05) is 24.3 Å². The predicted octanol–water partition coefficient (Wildman–Crippen LogP) is 3.13. The first-order chi connectivity index (χ1) is 8.85. The van der Waals surface area contributed by atoms with E-state index in [2.05, 4.69) is 6.92 Å². The molecule has 1 unspecified atom stereocenters. The molecule has 5 heteroatoms. The van der Waals surface area contributed by atoms with Crippen LogP contribution in [0.2, 0.25) is 0 Å². The molecule has 1 aromatic carbocycles. The Morgan fingerprint density at radius 3 is 2.16 bits per heavy atom. The number of likely N-dealkylation sites (N-methyl/N-ethyl adjacent to an activating group) is 1. The number of halogens is 3. The average Bonchev–Trinajstić information content (AvgIpc) is 2.36. The Kier molecular flexibility index (Phi) is 5.82. The molecule has 0 saturated carbocycles. The normalized spacial score (nSPS) is 13.8.